The van der Waals surface area contributed by atoms with Crippen molar-refractivity contribution in [3.8, 4) is 11.1 Å². The van der Waals surface area contributed by atoms with Crippen molar-refractivity contribution in [2.45, 2.75) is 31.3 Å². The molecule has 3 atom stereocenters. The van der Waals surface area contributed by atoms with Gasteiger partial charge in [-0.25, -0.2) is 0 Å². The Hall–Kier alpha value is -1.86. The molecule has 22 heavy (non-hydrogen) atoms. The van der Waals surface area contributed by atoms with Gasteiger partial charge in [0.2, 0.25) is 0 Å². The largest absolute Gasteiger partial charge is 0.292 e. The molecule has 0 N–H and O–H groups in total. The third kappa shape index (κ3) is 1.69. The van der Waals surface area contributed by atoms with Crippen LogP contribution in [0.2, 0.25) is 0 Å². The molecule has 2 heterocycles. The maximum absolute atomic E-state index is 2.58. The molecule has 2 aromatic rings. The minimum atomic E-state index is 0.567. The van der Waals surface area contributed by atoms with E-state index in [9.17, 15) is 0 Å². The van der Waals surface area contributed by atoms with E-state index < -0.39 is 0 Å². The lowest BCUT2D eigenvalue weighted by Gasteiger charge is -2.46. The highest BCUT2D eigenvalue weighted by Gasteiger charge is 2.37. The highest BCUT2D eigenvalue weighted by atomic mass is 15.2. The Balaban J connectivity index is 1.56. The summed E-state index contributed by atoms with van der Waals surface area (Å²) in [5.41, 5.74) is 7.37. The van der Waals surface area contributed by atoms with Gasteiger partial charge in [0, 0.05) is 12.1 Å². The molecule has 4 aliphatic rings. The summed E-state index contributed by atoms with van der Waals surface area (Å²) in [4.78, 5) is 2.58. The van der Waals surface area contributed by atoms with Crippen LogP contribution >= 0.6 is 0 Å². The molecule has 6 rings (SSSR count). The summed E-state index contributed by atoms with van der Waals surface area (Å²) in [6, 6.07) is 17.3. The number of hydrogen-bond acceptors (Lipinski definition) is 1. The smallest absolute Gasteiger partial charge is 0.0413 e. The molecule has 0 saturated carbocycles. The summed E-state index contributed by atoms with van der Waals surface area (Å²) >= 11 is 0. The van der Waals surface area contributed by atoms with Gasteiger partial charge in [0.15, 0.2) is 0 Å². The Labute approximate surface area is 132 Å². The zero-order valence-electron chi connectivity index (χ0n) is 13.0. The van der Waals surface area contributed by atoms with Crippen molar-refractivity contribution in [2.75, 3.05) is 7.05 Å². The van der Waals surface area contributed by atoms with E-state index in [1.807, 2.05) is 0 Å². The molecule has 110 valence electrons. The minimum Gasteiger partial charge on any atom is -0.292 e. The van der Waals surface area contributed by atoms with Gasteiger partial charge in [-0.3, -0.25) is 4.90 Å². The van der Waals surface area contributed by atoms with Crippen molar-refractivity contribution in [1.29, 1.82) is 0 Å². The lowest BCUT2D eigenvalue weighted by Crippen LogP contribution is -2.44. The van der Waals surface area contributed by atoms with Crippen LogP contribution < -0.4 is 0 Å². The summed E-state index contributed by atoms with van der Waals surface area (Å²) in [5, 5.41) is 0. The van der Waals surface area contributed by atoms with Crippen LogP contribution in [0.1, 0.15) is 35.6 Å². The van der Waals surface area contributed by atoms with Gasteiger partial charge in [0.1, 0.15) is 0 Å². The molecule has 1 heteroatoms. The van der Waals surface area contributed by atoms with Crippen molar-refractivity contribution >= 4 is 0 Å². The fourth-order valence-corrected chi connectivity index (χ4v) is 4.77. The van der Waals surface area contributed by atoms with E-state index >= 15 is 0 Å². The zero-order valence-corrected chi connectivity index (χ0v) is 13.0. The Morgan fingerprint density at radius 2 is 1.77 bits per heavy atom. The van der Waals surface area contributed by atoms with Crippen molar-refractivity contribution in [3.05, 3.63) is 71.3 Å². The maximum Gasteiger partial charge on any atom is 0.0413 e. The van der Waals surface area contributed by atoms with E-state index in [1.54, 1.807) is 0 Å². The summed E-state index contributed by atoms with van der Waals surface area (Å²) < 4.78 is 0. The van der Waals surface area contributed by atoms with Gasteiger partial charge in [0.25, 0.3) is 0 Å². The highest BCUT2D eigenvalue weighted by Crippen LogP contribution is 2.45. The van der Waals surface area contributed by atoms with Crippen molar-refractivity contribution in [1.82, 2.24) is 4.90 Å². The van der Waals surface area contributed by atoms with Crippen LogP contribution in [0, 0.1) is 5.92 Å². The SMILES string of the molecule is CN1C2C=CC(CC2)C1c1ccc2c(c1)Cc1ccccc1-2. The first-order valence-electron chi connectivity index (χ1n) is 8.42. The monoisotopic (exact) mass is 287 g/mol. The molecule has 1 nitrogen and oxygen atoms in total. The standard InChI is InChI=1S/C21H21N/c1-22-18-9-6-14(7-10-18)21(22)16-8-11-20-17(13-16)12-15-4-2-3-5-19(15)20/h2-6,8-9,11,13-14,18,21H,7,10,12H2,1H3. The summed E-state index contributed by atoms with van der Waals surface area (Å²) in [6.45, 7) is 0. The quantitative estimate of drug-likeness (QED) is 0.592. The second-order valence-electron chi connectivity index (χ2n) is 7.05. The van der Waals surface area contributed by atoms with Crippen LogP contribution in [-0.2, 0) is 6.42 Å². The van der Waals surface area contributed by atoms with Crippen LogP contribution in [0.5, 0.6) is 0 Å². The van der Waals surface area contributed by atoms with E-state index in [0.29, 0.717) is 18.0 Å². The van der Waals surface area contributed by atoms with Crippen LogP contribution in [0.4, 0.5) is 0 Å². The van der Waals surface area contributed by atoms with E-state index in [2.05, 4.69) is 66.6 Å². The maximum atomic E-state index is 2.58. The van der Waals surface area contributed by atoms with Crippen molar-refractivity contribution in [3.63, 3.8) is 0 Å². The average Bonchev–Trinajstić information content (AvgIpc) is 2.93. The Morgan fingerprint density at radius 3 is 2.59 bits per heavy atom. The molecule has 0 spiro atoms. The second-order valence-corrected chi connectivity index (χ2v) is 7.05. The number of benzene rings is 2. The van der Waals surface area contributed by atoms with Crippen molar-refractivity contribution in [2.24, 2.45) is 5.92 Å². The van der Waals surface area contributed by atoms with E-state index in [0.717, 1.165) is 6.42 Å². The number of fused-ring (bicyclic) bond motifs is 5. The molecule has 2 aliphatic carbocycles. The third-order valence-electron chi connectivity index (χ3n) is 5.90. The fraction of sp³-hybridized carbons (Fsp3) is 0.333. The predicted molar refractivity (Wildman–Crippen MR) is 90.8 cm³/mol. The molecular formula is C21H21N. The van der Waals surface area contributed by atoms with E-state index in [-0.39, 0.29) is 0 Å². The Bertz CT molecular complexity index is 773. The molecule has 2 aliphatic heterocycles. The van der Waals surface area contributed by atoms with Crippen LogP contribution in [0.3, 0.4) is 0 Å². The number of likely N-dealkylation sites (N-methyl/N-ethyl adjacent to an activating group) is 1. The van der Waals surface area contributed by atoms with Gasteiger partial charge in [-0.05, 0) is 60.0 Å². The van der Waals surface area contributed by atoms with Gasteiger partial charge in [-0.15, -0.1) is 0 Å². The van der Waals surface area contributed by atoms with Crippen LogP contribution in [0.15, 0.2) is 54.6 Å². The first kappa shape index (κ1) is 12.7. The van der Waals surface area contributed by atoms with Gasteiger partial charge in [-0.2, -0.15) is 0 Å². The normalized spacial score (nSPS) is 28.7. The minimum absolute atomic E-state index is 0.567. The Kier molecular flexibility index (Phi) is 2.63. The number of rotatable bonds is 1. The highest BCUT2D eigenvalue weighted by molar-refractivity contribution is 5.77. The molecule has 3 unspecified atom stereocenters. The third-order valence-corrected chi connectivity index (χ3v) is 5.90. The van der Waals surface area contributed by atoms with Crippen LogP contribution in [0.25, 0.3) is 11.1 Å². The van der Waals surface area contributed by atoms with E-state index in [4.69, 9.17) is 0 Å². The zero-order chi connectivity index (χ0) is 14.7. The molecule has 2 bridgehead atoms. The molecule has 0 amide bonds. The summed E-state index contributed by atoms with van der Waals surface area (Å²) in [5.74, 6) is 0.692. The van der Waals surface area contributed by atoms with Gasteiger partial charge in [-0.1, -0.05) is 54.6 Å². The lowest BCUT2D eigenvalue weighted by molar-refractivity contribution is 0.0925. The molecular weight excluding hydrogens is 266 g/mol. The van der Waals surface area contributed by atoms with E-state index in [1.165, 1.54) is 40.7 Å². The molecule has 2 aromatic carbocycles. The molecule has 1 saturated heterocycles. The van der Waals surface area contributed by atoms with Crippen LogP contribution in [-0.4, -0.2) is 18.0 Å². The Morgan fingerprint density at radius 1 is 0.909 bits per heavy atom. The number of hydrogen-bond donors (Lipinski definition) is 0. The lowest BCUT2D eigenvalue weighted by atomic mass is 9.77. The summed E-state index contributed by atoms with van der Waals surface area (Å²) in [6.07, 6.45) is 8.63. The molecule has 1 fully saturated rings. The average molecular weight is 287 g/mol. The molecule has 0 radical (unpaired) electrons. The number of nitrogens with zero attached hydrogens (tertiary/aromatic N) is 1. The predicted octanol–water partition coefficient (Wildman–Crippen LogP) is 4.58. The van der Waals surface area contributed by atoms with Gasteiger partial charge in [0.05, 0.1) is 0 Å². The van der Waals surface area contributed by atoms with Gasteiger partial charge >= 0.3 is 0 Å². The second kappa shape index (κ2) is 4.57. The summed E-state index contributed by atoms with van der Waals surface area (Å²) in [7, 11) is 2.30. The first-order valence-corrected chi connectivity index (χ1v) is 8.42. The number of piperidine rings is 1. The van der Waals surface area contributed by atoms with Crippen molar-refractivity contribution < 1.29 is 0 Å². The topological polar surface area (TPSA) is 3.24 Å². The fourth-order valence-electron chi connectivity index (χ4n) is 4.77. The first-order chi connectivity index (χ1) is 10.8. The van der Waals surface area contributed by atoms with Gasteiger partial charge < -0.3 is 0 Å². The molecule has 0 aromatic heterocycles.